The molecule has 2 saturated heterocycles. The van der Waals surface area contributed by atoms with Gasteiger partial charge in [-0.2, -0.15) is 0 Å². The number of hydrogen-bond donors (Lipinski definition) is 1. The standard InChI is InChI=1S/C14H28N2S2/c1-13(2,3)11-8-16(10-18-11)9-14(4,5)12-15-6-7-17-12/h11-12,15H,6-10H2,1-5H3. The fourth-order valence-corrected chi connectivity index (χ4v) is 5.39. The minimum atomic E-state index is 0.370. The van der Waals surface area contributed by atoms with Crippen molar-refractivity contribution < 1.29 is 0 Å². The van der Waals surface area contributed by atoms with E-state index < -0.39 is 0 Å². The number of hydrogen-bond acceptors (Lipinski definition) is 4. The summed E-state index contributed by atoms with van der Waals surface area (Å²) in [5, 5.41) is 5.07. The van der Waals surface area contributed by atoms with Crippen LogP contribution in [-0.4, -0.2) is 46.8 Å². The molecule has 2 aliphatic heterocycles. The Bertz CT molecular complexity index is 280. The van der Waals surface area contributed by atoms with Crippen molar-refractivity contribution in [1.29, 1.82) is 0 Å². The van der Waals surface area contributed by atoms with Gasteiger partial charge in [-0.25, -0.2) is 0 Å². The van der Waals surface area contributed by atoms with Crippen molar-refractivity contribution in [3.05, 3.63) is 0 Å². The molecule has 2 atom stereocenters. The Morgan fingerprint density at radius 3 is 2.39 bits per heavy atom. The highest BCUT2D eigenvalue weighted by Crippen LogP contribution is 2.39. The third-order valence-electron chi connectivity index (χ3n) is 3.91. The van der Waals surface area contributed by atoms with E-state index in [9.17, 15) is 0 Å². The van der Waals surface area contributed by atoms with E-state index in [1.807, 2.05) is 0 Å². The Morgan fingerprint density at radius 2 is 1.89 bits per heavy atom. The van der Waals surface area contributed by atoms with E-state index in [4.69, 9.17) is 0 Å². The molecule has 4 heteroatoms. The van der Waals surface area contributed by atoms with Gasteiger partial charge in [0.1, 0.15) is 0 Å². The first kappa shape index (κ1) is 15.0. The molecule has 0 bridgehead atoms. The molecular formula is C14H28N2S2. The highest BCUT2D eigenvalue weighted by molar-refractivity contribution is 8.00. The number of nitrogens with zero attached hydrogens (tertiary/aromatic N) is 1. The van der Waals surface area contributed by atoms with E-state index in [0.717, 1.165) is 5.25 Å². The zero-order valence-corrected chi connectivity index (χ0v) is 14.1. The third-order valence-corrected chi connectivity index (χ3v) is 7.26. The monoisotopic (exact) mass is 288 g/mol. The fraction of sp³-hybridized carbons (Fsp3) is 1.00. The highest BCUT2D eigenvalue weighted by atomic mass is 32.2. The maximum atomic E-state index is 3.64. The molecule has 0 saturated carbocycles. The molecule has 0 spiro atoms. The highest BCUT2D eigenvalue weighted by Gasteiger charge is 2.38. The lowest BCUT2D eigenvalue weighted by atomic mass is 9.89. The molecule has 18 heavy (non-hydrogen) atoms. The number of thioether (sulfide) groups is 2. The summed E-state index contributed by atoms with van der Waals surface area (Å²) in [6.45, 7) is 15.6. The molecule has 2 unspecified atom stereocenters. The molecule has 0 aromatic rings. The molecule has 0 aromatic carbocycles. The van der Waals surface area contributed by atoms with E-state index in [1.54, 1.807) is 0 Å². The van der Waals surface area contributed by atoms with Crippen molar-refractivity contribution in [1.82, 2.24) is 10.2 Å². The van der Waals surface area contributed by atoms with E-state index in [-0.39, 0.29) is 0 Å². The van der Waals surface area contributed by atoms with Gasteiger partial charge >= 0.3 is 0 Å². The molecule has 2 rings (SSSR count). The SMILES string of the molecule is CC(C)(C)C1CN(CC(C)(C)C2NCCS2)CS1. The Kier molecular flexibility index (Phi) is 4.63. The van der Waals surface area contributed by atoms with Gasteiger partial charge in [0.2, 0.25) is 0 Å². The summed E-state index contributed by atoms with van der Waals surface area (Å²) in [6, 6.07) is 0. The molecule has 2 heterocycles. The van der Waals surface area contributed by atoms with Crippen LogP contribution in [0.25, 0.3) is 0 Å². The van der Waals surface area contributed by atoms with E-state index in [1.165, 1.54) is 31.3 Å². The zero-order valence-electron chi connectivity index (χ0n) is 12.5. The van der Waals surface area contributed by atoms with Crippen LogP contribution in [0, 0.1) is 10.8 Å². The predicted molar refractivity (Wildman–Crippen MR) is 85.3 cm³/mol. The maximum Gasteiger partial charge on any atom is 0.0596 e. The van der Waals surface area contributed by atoms with Crippen molar-refractivity contribution >= 4 is 23.5 Å². The lowest BCUT2D eigenvalue weighted by Gasteiger charge is -2.35. The molecule has 2 aliphatic rings. The Morgan fingerprint density at radius 1 is 1.17 bits per heavy atom. The van der Waals surface area contributed by atoms with Gasteiger partial charge in [-0.3, -0.25) is 4.90 Å². The molecule has 0 amide bonds. The average molecular weight is 289 g/mol. The minimum absolute atomic E-state index is 0.370. The van der Waals surface area contributed by atoms with Gasteiger partial charge in [0.25, 0.3) is 0 Å². The van der Waals surface area contributed by atoms with Crippen LogP contribution < -0.4 is 5.32 Å². The summed E-state index contributed by atoms with van der Waals surface area (Å²) in [7, 11) is 0. The third kappa shape index (κ3) is 3.59. The van der Waals surface area contributed by atoms with Gasteiger partial charge in [-0.15, -0.1) is 23.5 Å². The van der Waals surface area contributed by atoms with Gasteiger partial charge in [0.05, 0.1) is 5.37 Å². The fourth-order valence-electron chi connectivity index (χ4n) is 2.76. The van der Waals surface area contributed by atoms with Crippen LogP contribution in [0.1, 0.15) is 34.6 Å². The topological polar surface area (TPSA) is 15.3 Å². The lowest BCUT2D eigenvalue weighted by Crippen LogP contribution is -2.44. The van der Waals surface area contributed by atoms with E-state index in [2.05, 4.69) is 68.4 Å². The molecule has 0 radical (unpaired) electrons. The summed E-state index contributed by atoms with van der Waals surface area (Å²) in [5.41, 5.74) is 0.804. The first-order valence-electron chi connectivity index (χ1n) is 6.98. The van der Waals surface area contributed by atoms with Crippen LogP contribution in [0.5, 0.6) is 0 Å². The lowest BCUT2D eigenvalue weighted by molar-refractivity contribution is 0.186. The summed E-state index contributed by atoms with van der Waals surface area (Å²) < 4.78 is 0. The second-order valence-corrected chi connectivity index (χ2v) is 9.73. The second kappa shape index (κ2) is 5.55. The summed E-state index contributed by atoms with van der Waals surface area (Å²) in [6.07, 6.45) is 0. The number of rotatable bonds is 3. The predicted octanol–water partition coefficient (Wildman–Crippen LogP) is 3.10. The molecule has 2 fully saturated rings. The molecule has 2 nitrogen and oxygen atoms in total. The molecule has 106 valence electrons. The maximum absolute atomic E-state index is 3.64. The summed E-state index contributed by atoms with van der Waals surface area (Å²) in [5.74, 6) is 2.48. The Labute approximate surface area is 121 Å². The first-order chi connectivity index (χ1) is 8.29. The molecule has 0 aliphatic carbocycles. The Balaban J connectivity index is 1.87. The van der Waals surface area contributed by atoms with Crippen LogP contribution >= 0.6 is 23.5 Å². The van der Waals surface area contributed by atoms with Crippen molar-refractivity contribution in [2.24, 2.45) is 10.8 Å². The van der Waals surface area contributed by atoms with Crippen molar-refractivity contribution in [3.63, 3.8) is 0 Å². The summed E-state index contributed by atoms with van der Waals surface area (Å²) >= 11 is 4.23. The van der Waals surface area contributed by atoms with Crippen LogP contribution in [0.2, 0.25) is 0 Å². The van der Waals surface area contributed by atoms with E-state index in [0.29, 0.717) is 16.2 Å². The molecular weight excluding hydrogens is 260 g/mol. The zero-order chi connectivity index (χ0) is 13.4. The number of nitrogens with one attached hydrogen (secondary N) is 1. The van der Waals surface area contributed by atoms with Gasteiger partial charge in [-0.05, 0) is 5.41 Å². The Hall–Kier alpha value is 0.620. The minimum Gasteiger partial charge on any atom is -0.304 e. The van der Waals surface area contributed by atoms with Crippen LogP contribution in [0.3, 0.4) is 0 Å². The van der Waals surface area contributed by atoms with Crippen LogP contribution in [0.4, 0.5) is 0 Å². The van der Waals surface area contributed by atoms with Gasteiger partial charge in [0, 0.05) is 41.9 Å². The normalized spacial score (nSPS) is 31.2. The van der Waals surface area contributed by atoms with Crippen LogP contribution in [-0.2, 0) is 0 Å². The summed E-state index contributed by atoms with van der Waals surface area (Å²) in [4.78, 5) is 2.65. The van der Waals surface area contributed by atoms with Crippen molar-refractivity contribution in [3.8, 4) is 0 Å². The van der Waals surface area contributed by atoms with Gasteiger partial charge < -0.3 is 5.32 Å². The molecule has 1 N–H and O–H groups in total. The average Bonchev–Trinajstić information content (AvgIpc) is 2.83. The van der Waals surface area contributed by atoms with Crippen LogP contribution in [0.15, 0.2) is 0 Å². The largest absolute Gasteiger partial charge is 0.304 e. The quantitative estimate of drug-likeness (QED) is 0.858. The first-order valence-corrected chi connectivity index (χ1v) is 9.08. The smallest absolute Gasteiger partial charge is 0.0596 e. The molecule has 0 aromatic heterocycles. The van der Waals surface area contributed by atoms with Gasteiger partial charge in [-0.1, -0.05) is 34.6 Å². The van der Waals surface area contributed by atoms with Crippen molar-refractivity contribution in [2.45, 2.75) is 45.2 Å². The van der Waals surface area contributed by atoms with E-state index >= 15 is 0 Å². The van der Waals surface area contributed by atoms with Gasteiger partial charge in [0.15, 0.2) is 0 Å². The second-order valence-electron chi connectivity index (χ2n) is 7.36. The van der Waals surface area contributed by atoms with Crippen molar-refractivity contribution in [2.75, 3.05) is 31.3 Å².